The summed E-state index contributed by atoms with van der Waals surface area (Å²) in [4.78, 5) is 1.37. The van der Waals surface area contributed by atoms with Gasteiger partial charge in [-0.1, -0.05) is 19.8 Å². The molecule has 3 heteroatoms. The summed E-state index contributed by atoms with van der Waals surface area (Å²) < 4.78 is 5.46. The second kappa shape index (κ2) is 5.87. The van der Waals surface area contributed by atoms with Crippen LogP contribution in [0.25, 0.3) is 0 Å². The van der Waals surface area contributed by atoms with Crippen LogP contribution in [0, 0.1) is 11.8 Å². The Labute approximate surface area is 108 Å². The third kappa shape index (κ3) is 2.83. The predicted octanol–water partition coefficient (Wildman–Crippen LogP) is 3.84. The molecule has 0 amide bonds. The molecular formula is C14H23NOS. The van der Waals surface area contributed by atoms with Crippen molar-refractivity contribution in [3.05, 3.63) is 16.3 Å². The summed E-state index contributed by atoms with van der Waals surface area (Å²) in [5, 5.41) is 5.63. The number of hydrogen-bond donors (Lipinski definition) is 1. The van der Waals surface area contributed by atoms with Crippen molar-refractivity contribution in [3.63, 3.8) is 0 Å². The van der Waals surface area contributed by atoms with Crippen molar-refractivity contribution in [2.45, 2.75) is 38.6 Å². The molecule has 0 bridgehead atoms. The van der Waals surface area contributed by atoms with Crippen LogP contribution in [0.4, 0.5) is 0 Å². The first-order valence-electron chi connectivity index (χ1n) is 6.55. The molecule has 1 heterocycles. The minimum absolute atomic E-state index is 0.465. The SMILES string of the molecule is CNC(c1sccc1OC)C1CCCC(C)C1. The average molecular weight is 253 g/mol. The molecule has 1 fully saturated rings. The Morgan fingerprint density at radius 2 is 2.29 bits per heavy atom. The van der Waals surface area contributed by atoms with E-state index in [9.17, 15) is 0 Å². The standard InChI is InChI=1S/C14H23NOS/c1-10-5-4-6-11(9-10)13(15-2)14-12(16-3)7-8-17-14/h7-8,10-11,13,15H,4-6,9H2,1-3H3. The first kappa shape index (κ1) is 12.9. The van der Waals surface area contributed by atoms with Gasteiger partial charge in [-0.3, -0.25) is 0 Å². The zero-order valence-electron chi connectivity index (χ0n) is 11.0. The molecule has 96 valence electrons. The highest BCUT2D eigenvalue weighted by Gasteiger charge is 2.29. The summed E-state index contributed by atoms with van der Waals surface area (Å²) >= 11 is 1.81. The lowest BCUT2D eigenvalue weighted by molar-refractivity contribution is 0.229. The quantitative estimate of drug-likeness (QED) is 0.880. The Hall–Kier alpha value is -0.540. The highest BCUT2D eigenvalue weighted by Crippen LogP contribution is 2.41. The molecule has 3 unspecified atom stereocenters. The van der Waals surface area contributed by atoms with Crippen molar-refractivity contribution in [1.82, 2.24) is 5.32 Å². The molecule has 0 saturated heterocycles. The van der Waals surface area contributed by atoms with Gasteiger partial charge >= 0.3 is 0 Å². The second-order valence-corrected chi connectivity index (χ2v) is 6.10. The zero-order chi connectivity index (χ0) is 12.3. The zero-order valence-corrected chi connectivity index (χ0v) is 11.8. The average Bonchev–Trinajstić information content (AvgIpc) is 2.78. The van der Waals surface area contributed by atoms with Crippen LogP contribution < -0.4 is 10.1 Å². The maximum Gasteiger partial charge on any atom is 0.134 e. The van der Waals surface area contributed by atoms with Gasteiger partial charge in [0.2, 0.25) is 0 Å². The third-order valence-electron chi connectivity index (χ3n) is 3.92. The number of ether oxygens (including phenoxy) is 1. The molecule has 2 nitrogen and oxygen atoms in total. The molecule has 3 atom stereocenters. The van der Waals surface area contributed by atoms with E-state index >= 15 is 0 Å². The van der Waals surface area contributed by atoms with E-state index in [1.807, 2.05) is 11.3 Å². The van der Waals surface area contributed by atoms with Gasteiger partial charge in [0.05, 0.1) is 12.0 Å². The van der Waals surface area contributed by atoms with Gasteiger partial charge in [0.25, 0.3) is 0 Å². The Morgan fingerprint density at radius 1 is 1.47 bits per heavy atom. The van der Waals surface area contributed by atoms with Crippen molar-refractivity contribution in [1.29, 1.82) is 0 Å². The van der Waals surface area contributed by atoms with Crippen molar-refractivity contribution in [2.24, 2.45) is 11.8 Å². The molecule has 1 aliphatic carbocycles. The Bertz CT molecular complexity index is 350. The topological polar surface area (TPSA) is 21.3 Å². The molecule has 1 aromatic rings. The minimum atomic E-state index is 0.465. The van der Waals surface area contributed by atoms with E-state index in [4.69, 9.17) is 4.74 Å². The molecule has 1 N–H and O–H groups in total. The van der Waals surface area contributed by atoms with E-state index in [0.29, 0.717) is 6.04 Å². The number of thiophene rings is 1. The largest absolute Gasteiger partial charge is 0.496 e. The summed E-state index contributed by atoms with van der Waals surface area (Å²) in [5.41, 5.74) is 0. The summed E-state index contributed by atoms with van der Waals surface area (Å²) in [6.45, 7) is 2.38. The van der Waals surface area contributed by atoms with Crippen LogP contribution in [0.15, 0.2) is 11.4 Å². The summed E-state index contributed by atoms with van der Waals surface area (Å²) in [5.74, 6) is 2.68. The fourth-order valence-electron chi connectivity index (χ4n) is 3.07. The number of nitrogens with one attached hydrogen (secondary N) is 1. The Kier molecular flexibility index (Phi) is 4.46. The minimum Gasteiger partial charge on any atom is -0.496 e. The molecule has 1 saturated carbocycles. The van der Waals surface area contributed by atoms with Gasteiger partial charge < -0.3 is 10.1 Å². The van der Waals surface area contributed by atoms with E-state index in [-0.39, 0.29) is 0 Å². The molecule has 0 aromatic carbocycles. The van der Waals surface area contributed by atoms with E-state index in [1.54, 1.807) is 7.11 Å². The van der Waals surface area contributed by atoms with Crippen LogP contribution in [0.3, 0.4) is 0 Å². The fraction of sp³-hybridized carbons (Fsp3) is 0.714. The molecule has 0 aliphatic heterocycles. The van der Waals surface area contributed by atoms with Crippen molar-refractivity contribution < 1.29 is 4.74 Å². The predicted molar refractivity (Wildman–Crippen MR) is 73.8 cm³/mol. The van der Waals surface area contributed by atoms with Crippen LogP contribution in [-0.4, -0.2) is 14.2 Å². The van der Waals surface area contributed by atoms with Crippen LogP contribution in [-0.2, 0) is 0 Å². The van der Waals surface area contributed by atoms with Gasteiger partial charge in [0.1, 0.15) is 5.75 Å². The molecule has 0 radical (unpaired) electrons. The fourth-order valence-corrected chi connectivity index (χ4v) is 4.13. The molecule has 0 spiro atoms. The summed E-state index contributed by atoms with van der Waals surface area (Å²) in [7, 11) is 3.84. The van der Waals surface area contributed by atoms with Crippen molar-refractivity contribution in [2.75, 3.05) is 14.2 Å². The highest BCUT2D eigenvalue weighted by atomic mass is 32.1. The normalized spacial score (nSPS) is 26.8. The van der Waals surface area contributed by atoms with Crippen molar-refractivity contribution in [3.8, 4) is 5.75 Å². The van der Waals surface area contributed by atoms with Gasteiger partial charge in [-0.25, -0.2) is 0 Å². The number of methoxy groups -OCH3 is 1. The molecule has 2 rings (SSSR count). The monoisotopic (exact) mass is 253 g/mol. The summed E-state index contributed by atoms with van der Waals surface area (Å²) in [6, 6.07) is 2.55. The maximum atomic E-state index is 5.46. The van der Waals surface area contributed by atoms with Crippen molar-refractivity contribution >= 4 is 11.3 Å². The second-order valence-electron chi connectivity index (χ2n) is 5.15. The highest BCUT2D eigenvalue weighted by molar-refractivity contribution is 7.10. The van der Waals surface area contributed by atoms with Gasteiger partial charge in [0, 0.05) is 6.04 Å². The van der Waals surface area contributed by atoms with E-state index in [2.05, 4.69) is 30.7 Å². The van der Waals surface area contributed by atoms with Gasteiger partial charge in [-0.05, 0) is 43.2 Å². The van der Waals surface area contributed by atoms with E-state index < -0.39 is 0 Å². The molecule has 17 heavy (non-hydrogen) atoms. The Balaban J connectivity index is 2.15. The van der Waals surface area contributed by atoms with E-state index in [1.165, 1.54) is 30.6 Å². The smallest absolute Gasteiger partial charge is 0.134 e. The van der Waals surface area contributed by atoms with E-state index in [0.717, 1.165) is 17.6 Å². The van der Waals surface area contributed by atoms with Crippen LogP contribution in [0.1, 0.15) is 43.5 Å². The van der Waals surface area contributed by atoms with Crippen LogP contribution >= 0.6 is 11.3 Å². The lowest BCUT2D eigenvalue weighted by Crippen LogP contribution is -2.28. The first-order chi connectivity index (χ1) is 8.26. The van der Waals surface area contributed by atoms with Crippen LogP contribution in [0.2, 0.25) is 0 Å². The molecule has 1 aromatic heterocycles. The lowest BCUT2D eigenvalue weighted by Gasteiger charge is -2.33. The molecular weight excluding hydrogens is 230 g/mol. The maximum absolute atomic E-state index is 5.46. The van der Waals surface area contributed by atoms with Gasteiger partial charge in [-0.2, -0.15) is 0 Å². The number of hydrogen-bond acceptors (Lipinski definition) is 3. The lowest BCUT2D eigenvalue weighted by atomic mass is 9.78. The van der Waals surface area contributed by atoms with Gasteiger partial charge in [0.15, 0.2) is 0 Å². The molecule has 1 aliphatic rings. The van der Waals surface area contributed by atoms with Gasteiger partial charge in [-0.15, -0.1) is 11.3 Å². The van der Waals surface area contributed by atoms with Crippen LogP contribution in [0.5, 0.6) is 5.75 Å². The summed E-state index contributed by atoms with van der Waals surface area (Å²) in [6.07, 6.45) is 5.45. The third-order valence-corrected chi connectivity index (χ3v) is 4.90. The first-order valence-corrected chi connectivity index (χ1v) is 7.42. The Morgan fingerprint density at radius 3 is 2.94 bits per heavy atom. The number of rotatable bonds is 4.